The van der Waals surface area contributed by atoms with Crippen LogP contribution in [0.5, 0.6) is 5.75 Å². The van der Waals surface area contributed by atoms with Crippen LogP contribution in [-0.2, 0) is 9.59 Å². The molecule has 0 saturated carbocycles. The highest BCUT2D eigenvalue weighted by molar-refractivity contribution is 7.10. The summed E-state index contributed by atoms with van der Waals surface area (Å²) in [7, 11) is 1.61. The number of nitrogens with zero attached hydrogens (tertiary/aromatic N) is 1. The van der Waals surface area contributed by atoms with E-state index in [1.807, 2.05) is 40.6 Å². The summed E-state index contributed by atoms with van der Waals surface area (Å²) in [5.74, 6) is 0.456. The van der Waals surface area contributed by atoms with Gasteiger partial charge in [0.1, 0.15) is 11.8 Å². The molecular formula is C21H24N2O3S. The second-order valence-corrected chi connectivity index (χ2v) is 7.52. The zero-order valence-corrected chi connectivity index (χ0v) is 16.4. The van der Waals surface area contributed by atoms with Crippen LogP contribution in [0.25, 0.3) is 6.08 Å². The van der Waals surface area contributed by atoms with Crippen LogP contribution >= 0.6 is 11.3 Å². The number of carbonyl (C=O) groups is 2. The maximum Gasteiger partial charge on any atom is 0.245 e. The van der Waals surface area contributed by atoms with Gasteiger partial charge in [0, 0.05) is 17.5 Å². The molecule has 6 heteroatoms. The third kappa shape index (κ3) is 4.77. The van der Waals surface area contributed by atoms with E-state index in [0.717, 1.165) is 30.7 Å². The SMILES string of the molecule is COc1ccc(/C=C/C(=O)NC(C)C(=O)N2CCCC2c2cccs2)cc1. The topological polar surface area (TPSA) is 58.6 Å². The smallest absolute Gasteiger partial charge is 0.245 e. The molecule has 0 bridgehead atoms. The molecule has 142 valence electrons. The molecule has 5 nitrogen and oxygen atoms in total. The Morgan fingerprint density at radius 3 is 2.74 bits per heavy atom. The van der Waals surface area contributed by atoms with E-state index in [2.05, 4.69) is 11.4 Å². The van der Waals surface area contributed by atoms with Crippen molar-refractivity contribution in [3.63, 3.8) is 0 Å². The van der Waals surface area contributed by atoms with Gasteiger partial charge in [-0.2, -0.15) is 0 Å². The van der Waals surface area contributed by atoms with Crippen LogP contribution in [0.2, 0.25) is 0 Å². The number of hydrogen-bond donors (Lipinski definition) is 1. The largest absolute Gasteiger partial charge is 0.497 e. The summed E-state index contributed by atoms with van der Waals surface area (Å²) in [6, 6.07) is 11.1. The van der Waals surface area contributed by atoms with Crippen LogP contribution in [0.15, 0.2) is 47.9 Å². The van der Waals surface area contributed by atoms with E-state index in [1.165, 1.54) is 11.0 Å². The fourth-order valence-corrected chi connectivity index (χ4v) is 4.14. The van der Waals surface area contributed by atoms with Gasteiger partial charge in [0.05, 0.1) is 13.2 Å². The van der Waals surface area contributed by atoms with Crippen LogP contribution in [0.3, 0.4) is 0 Å². The van der Waals surface area contributed by atoms with E-state index in [0.29, 0.717) is 0 Å². The normalized spacial score (nSPS) is 17.9. The monoisotopic (exact) mass is 384 g/mol. The summed E-state index contributed by atoms with van der Waals surface area (Å²) in [5.41, 5.74) is 0.891. The molecule has 1 saturated heterocycles. The van der Waals surface area contributed by atoms with Crippen LogP contribution in [0, 0.1) is 0 Å². The molecular weight excluding hydrogens is 360 g/mol. The molecule has 2 amide bonds. The number of nitrogens with one attached hydrogen (secondary N) is 1. The van der Waals surface area contributed by atoms with Crippen molar-refractivity contribution >= 4 is 29.2 Å². The number of carbonyl (C=O) groups excluding carboxylic acids is 2. The maximum atomic E-state index is 12.8. The molecule has 0 aliphatic carbocycles. The lowest BCUT2D eigenvalue weighted by molar-refractivity contribution is -0.135. The van der Waals surface area contributed by atoms with Gasteiger partial charge in [-0.25, -0.2) is 0 Å². The highest BCUT2D eigenvalue weighted by Crippen LogP contribution is 2.34. The summed E-state index contributed by atoms with van der Waals surface area (Å²) >= 11 is 1.67. The predicted octanol–water partition coefficient (Wildman–Crippen LogP) is 3.64. The molecule has 2 atom stereocenters. The minimum Gasteiger partial charge on any atom is -0.497 e. The Labute approximate surface area is 163 Å². The quantitative estimate of drug-likeness (QED) is 0.774. The van der Waals surface area contributed by atoms with Gasteiger partial charge < -0.3 is 15.0 Å². The number of hydrogen-bond acceptors (Lipinski definition) is 4. The van der Waals surface area contributed by atoms with Crippen molar-refractivity contribution < 1.29 is 14.3 Å². The van der Waals surface area contributed by atoms with Gasteiger partial charge in [-0.05, 0) is 55.0 Å². The molecule has 2 aromatic rings. The molecule has 1 fully saturated rings. The predicted molar refractivity (Wildman–Crippen MR) is 108 cm³/mol. The molecule has 1 aromatic carbocycles. The summed E-state index contributed by atoms with van der Waals surface area (Å²) in [6.07, 6.45) is 5.14. The highest BCUT2D eigenvalue weighted by atomic mass is 32.1. The summed E-state index contributed by atoms with van der Waals surface area (Å²) < 4.78 is 5.11. The van der Waals surface area contributed by atoms with Gasteiger partial charge >= 0.3 is 0 Å². The average molecular weight is 385 g/mol. The Bertz CT molecular complexity index is 799. The number of thiophene rings is 1. The van der Waals surface area contributed by atoms with Crippen LogP contribution < -0.4 is 10.1 Å². The number of rotatable bonds is 6. The Kier molecular flexibility index (Phi) is 6.29. The highest BCUT2D eigenvalue weighted by Gasteiger charge is 2.33. The van der Waals surface area contributed by atoms with Crippen molar-refractivity contribution in [2.45, 2.75) is 31.8 Å². The molecule has 1 aliphatic rings. The zero-order chi connectivity index (χ0) is 19.2. The molecule has 3 rings (SSSR count). The van der Waals surface area contributed by atoms with Crippen molar-refractivity contribution in [3.8, 4) is 5.75 Å². The van der Waals surface area contributed by atoms with Crippen molar-refractivity contribution in [1.29, 1.82) is 0 Å². The number of ether oxygens (including phenoxy) is 1. The maximum absolute atomic E-state index is 12.8. The van der Waals surface area contributed by atoms with E-state index < -0.39 is 6.04 Å². The van der Waals surface area contributed by atoms with Gasteiger partial charge in [-0.15, -0.1) is 11.3 Å². The van der Waals surface area contributed by atoms with Gasteiger partial charge in [0.15, 0.2) is 0 Å². The minimum absolute atomic E-state index is 0.0305. The van der Waals surface area contributed by atoms with Gasteiger partial charge in [0.25, 0.3) is 0 Å². The van der Waals surface area contributed by atoms with Crippen LogP contribution in [0.4, 0.5) is 0 Å². The molecule has 1 aromatic heterocycles. The molecule has 1 aliphatic heterocycles. The Hall–Kier alpha value is -2.60. The van der Waals surface area contributed by atoms with Gasteiger partial charge in [0.2, 0.25) is 11.8 Å². The van der Waals surface area contributed by atoms with Crippen molar-refractivity contribution in [2.75, 3.05) is 13.7 Å². The minimum atomic E-state index is -0.557. The van der Waals surface area contributed by atoms with Gasteiger partial charge in [-0.1, -0.05) is 18.2 Å². The van der Waals surface area contributed by atoms with E-state index in [1.54, 1.807) is 31.4 Å². The molecule has 2 heterocycles. The number of benzene rings is 1. The lowest BCUT2D eigenvalue weighted by Gasteiger charge is -2.27. The molecule has 0 spiro atoms. The van der Waals surface area contributed by atoms with E-state index in [-0.39, 0.29) is 17.9 Å². The third-order valence-corrected chi connectivity index (χ3v) is 5.65. The standard InChI is InChI=1S/C21H24N2O3S/c1-15(21(25)23-13-3-5-18(23)19-6-4-14-27-19)22-20(24)12-9-16-7-10-17(26-2)11-8-16/h4,6-12,14-15,18H,3,5,13H2,1-2H3,(H,22,24)/b12-9+. The second kappa shape index (κ2) is 8.86. The molecule has 1 N–H and O–H groups in total. The first-order chi connectivity index (χ1) is 13.1. The van der Waals surface area contributed by atoms with E-state index in [9.17, 15) is 9.59 Å². The van der Waals surface area contributed by atoms with Crippen molar-refractivity contribution in [1.82, 2.24) is 10.2 Å². The first kappa shape index (κ1) is 19.2. The second-order valence-electron chi connectivity index (χ2n) is 6.54. The number of methoxy groups -OCH3 is 1. The fourth-order valence-electron chi connectivity index (χ4n) is 3.27. The average Bonchev–Trinajstić information content (AvgIpc) is 3.37. The van der Waals surface area contributed by atoms with E-state index in [4.69, 9.17) is 4.74 Å². The fraction of sp³-hybridized carbons (Fsp3) is 0.333. The lowest BCUT2D eigenvalue weighted by atomic mass is 10.1. The number of likely N-dealkylation sites (tertiary alicyclic amines) is 1. The summed E-state index contributed by atoms with van der Waals surface area (Å²) in [6.45, 7) is 2.48. The third-order valence-electron chi connectivity index (χ3n) is 4.68. The van der Waals surface area contributed by atoms with Crippen molar-refractivity contribution in [3.05, 3.63) is 58.3 Å². The molecule has 27 heavy (non-hydrogen) atoms. The Balaban J connectivity index is 1.57. The molecule has 2 unspecified atom stereocenters. The van der Waals surface area contributed by atoms with Gasteiger partial charge in [-0.3, -0.25) is 9.59 Å². The number of amides is 2. The lowest BCUT2D eigenvalue weighted by Crippen LogP contribution is -2.46. The van der Waals surface area contributed by atoms with Crippen LogP contribution in [-0.4, -0.2) is 36.4 Å². The summed E-state index contributed by atoms with van der Waals surface area (Å²) in [5, 5.41) is 4.81. The Morgan fingerprint density at radius 1 is 1.30 bits per heavy atom. The molecule has 0 radical (unpaired) electrons. The summed E-state index contributed by atoms with van der Waals surface area (Å²) in [4.78, 5) is 28.1. The Morgan fingerprint density at radius 2 is 2.07 bits per heavy atom. The van der Waals surface area contributed by atoms with Crippen molar-refractivity contribution in [2.24, 2.45) is 0 Å². The first-order valence-corrected chi connectivity index (χ1v) is 9.93. The van der Waals surface area contributed by atoms with Crippen LogP contribution in [0.1, 0.15) is 36.2 Å². The first-order valence-electron chi connectivity index (χ1n) is 9.05. The van der Waals surface area contributed by atoms with E-state index >= 15 is 0 Å². The zero-order valence-electron chi connectivity index (χ0n) is 15.6.